The quantitative estimate of drug-likeness (QED) is 0.870. The summed E-state index contributed by atoms with van der Waals surface area (Å²) in [7, 11) is -1.05. The third-order valence-corrected chi connectivity index (χ3v) is 4.97. The molecule has 19 heavy (non-hydrogen) atoms. The maximum Gasteiger partial charge on any atom is 0.0577 e. The van der Waals surface area contributed by atoms with E-state index in [1.807, 2.05) is 31.2 Å². The fourth-order valence-electron chi connectivity index (χ4n) is 2.00. The fraction of sp³-hybridized carbons (Fsp3) is 0.250. The number of rotatable bonds is 3. The SMILES string of the molecule is Cc1ccc(CS(=O)c2cccc(N)c2C)cc1C. The molecule has 1 unspecified atom stereocenters. The minimum absolute atomic E-state index is 0.533. The summed E-state index contributed by atoms with van der Waals surface area (Å²) in [4.78, 5) is 0.832. The van der Waals surface area contributed by atoms with Crippen LogP contribution >= 0.6 is 0 Å². The van der Waals surface area contributed by atoms with Gasteiger partial charge in [0.1, 0.15) is 0 Å². The third-order valence-electron chi connectivity index (χ3n) is 3.44. The van der Waals surface area contributed by atoms with E-state index < -0.39 is 10.8 Å². The molecule has 0 heterocycles. The standard InChI is InChI=1S/C16H19NOS/c1-11-7-8-14(9-12(11)2)10-19(18)16-6-4-5-15(17)13(16)3/h4-9H,10,17H2,1-3H3. The molecule has 2 nitrogen and oxygen atoms in total. The summed E-state index contributed by atoms with van der Waals surface area (Å²) < 4.78 is 12.4. The van der Waals surface area contributed by atoms with Crippen molar-refractivity contribution in [3.8, 4) is 0 Å². The first-order valence-electron chi connectivity index (χ1n) is 6.28. The predicted molar refractivity (Wildman–Crippen MR) is 81.6 cm³/mol. The average molecular weight is 273 g/mol. The number of benzene rings is 2. The largest absolute Gasteiger partial charge is 0.398 e. The molecule has 100 valence electrons. The Hall–Kier alpha value is -1.61. The predicted octanol–water partition coefficient (Wildman–Crippen LogP) is 3.50. The first-order valence-corrected chi connectivity index (χ1v) is 7.60. The molecular weight excluding hydrogens is 254 g/mol. The summed E-state index contributed by atoms with van der Waals surface area (Å²) in [6, 6.07) is 11.8. The van der Waals surface area contributed by atoms with Gasteiger partial charge in [-0.05, 0) is 55.2 Å². The molecule has 3 heteroatoms. The maximum atomic E-state index is 12.4. The molecule has 0 fully saturated rings. The van der Waals surface area contributed by atoms with Crippen molar-refractivity contribution in [3.63, 3.8) is 0 Å². The average Bonchev–Trinajstić information content (AvgIpc) is 2.37. The van der Waals surface area contributed by atoms with Crippen LogP contribution in [0.15, 0.2) is 41.3 Å². The van der Waals surface area contributed by atoms with E-state index in [0.29, 0.717) is 11.4 Å². The van der Waals surface area contributed by atoms with Crippen LogP contribution in [0.25, 0.3) is 0 Å². The third kappa shape index (κ3) is 3.04. The second kappa shape index (κ2) is 5.57. The van der Waals surface area contributed by atoms with Gasteiger partial charge in [-0.1, -0.05) is 24.3 Å². The summed E-state index contributed by atoms with van der Waals surface area (Å²) in [5.74, 6) is 0.533. The Morgan fingerprint density at radius 3 is 2.47 bits per heavy atom. The van der Waals surface area contributed by atoms with Crippen LogP contribution in [0.3, 0.4) is 0 Å². The molecular formula is C16H19NOS. The molecule has 2 aromatic rings. The number of hydrogen-bond acceptors (Lipinski definition) is 2. The van der Waals surface area contributed by atoms with Crippen LogP contribution in [0.1, 0.15) is 22.3 Å². The van der Waals surface area contributed by atoms with Gasteiger partial charge < -0.3 is 5.73 Å². The monoisotopic (exact) mass is 273 g/mol. The highest BCUT2D eigenvalue weighted by atomic mass is 32.2. The van der Waals surface area contributed by atoms with Crippen LogP contribution in [0.2, 0.25) is 0 Å². The Labute approximate surface area is 117 Å². The fourth-order valence-corrected chi connectivity index (χ4v) is 3.33. The van der Waals surface area contributed by atoms with E-state index >= 15 is 0 Å². The minimum atomic E-state index is -1.05. The Bertz CT molecular complexity index is 635. The molecule has 0 radical (unpaired) electrons. The van der Waals surface area contributed by atoms with Gasteiger partial charge in [0.2, 0.25) is 0 Å². The highest BCUT2D eigenvalue weighted by Crippen LogP contribution is 2.22. The molecule has 1 atom stereocenters. The molecule has 0 saturated carbocycles. The second-order valence-electron chi connectivity index (χ2n) is 4.88. The van der Waals surface area contributed by atoms with E-state index in [-0.39, 0.29) is 0 Å². The topological polar surface area (TPSA) is 43.1 Å². The molecule has 2 rings (SSSR count). The summed E-state index contributed by atoms with van der Waals surface area (Å²) in [6.07, 6.45) is 0. The van der Waals surface area contributed by atoms with Crippen molar-refractivity contribution >= 4 is 16.5 Å². The number of nitrogen functional groups attached to an aromatic ring is 1. The molecule has 0 amide bonds. The maximum absolute atomic E-state index is 12.4. The molecule has 0 aliphatic carbocycles. The van der Waals surface area contributed by atoms with Crippen molar-refractivity contribution in [1.29, 1.82) is 0 Å². The Morgan fingerprint density at radius 2 is 1.79 bits per heavy atom. The number of anilines is 1. The Kier molecular flexibility index (Phi) is 4.05. The Balaban J connectivity index is 2.26. The molecule has 0 bridgehead atoms. The smallest absolute Gasteiger partial charge is 0.0577 e. The summed E-state index contributed by atoms with van der Waals surface area (Å²) in [5.41, 5.74) is 11.1. The van der Waals surface area contributed by atoms with Gasteiger partial charge >= 0.3 is 0 Å². The number of hydrogen-bond donors (Lipinski definition) is 1. The number of nitrogens with two attached hydrogens (primary N) is 1. The minimum Gasteiger partial charge on any atom is -0.398 e. The normalized spacial score (nSPS) is 12.4. The lowest BCUT2D eigenvalue weighted by Gasteiger charge is -2.09. The molecule has 2 aromatic carbocycles. The van der Waals surface area contributed by atoms with Gasteiger partial charge in [0.15, 0.2) is 0 Å². The second-order valence-corrected chi connectivity index (χ2v) is 6.30. The molecule has 0 saturated heterocycles. The van der Waals surface area contributed by atoms with Gasteiger partial charge in [-0.3, -0.25) is 4.21 Å². The zero-order valence-electron chi connectivity index (χ0n) is 11.6. The highest BCUT2D eigenvalue weighted by Gasteiger charge is 2.10. The summed E-state index contributed by atoms with van der Waals surface area (Å²) >= 11 is 0. The lowest BCUT2D eigenvalue weighted by atomic mass is 10.1. The summed E-state index contributed by atoms with van der Waals surface area (Å²) in [5, 5.41) is 0. The van der Waals surface area contributed by atoms with E-state index in [2.05, 4.69) is 26.0 Å². The van der Waals surface area contributed by atoms with Crippen LogP contribution < -0.4 is 5.73 Å². The molecule has 0 spiro atoms. The van der Waals surface area contributed by atoms with Gasteiger partial charge in [-0.2, -0.15) is 0 Å². The van der Waals surface area contributed by atoms with Gasteiger partial charge in [-0.25, -0.2) is 0 Å². The Morgan fingerprint density at radius 1 is 1.05 bits per heavy atom. The van der Waals surface area contributed by atoms with Crippen molar-refractivity contribution < 1.29 is 4.21 Å². The van der Waals surface area contributed by atoms with Gasteiger partial charge in [-0.15, -0.1) is 0 Å². The van der Waals surface area contributed by atoms with Crippen LogP contribution in [0.5, 0.6) is 0 Å². The van der Waals surface area contributed by atoms with Crippen molar-refractivity contribution in [2.75, 3.05) is 5.73 Å². The zero-order valence-corrected chi connectivity index (χ0v) is 12.4. The van der Waals surface area contributed by atoms with E-state index in [1.54, 1.807) is 0 Å². The summed E-state index contributed by atoms with van der Waals surface area (Å²) in [6.45, 7) is 6.08. The zero-order chi connectivity index (χ0) is 14.0. The molecule has 0 aromatic heterocycles. The van der Waals surface area contributed by atoms with Crippen molar-refractivity contribution in [1.82, 2.24) is 0 Å². The van der Waals surface area contributed by atoms with Crippen LogP contribution in [0, 0.1) is 20.8 Å². The van der Waals surface area contributed by atoms with E-state index in [1.165, 1.54) is 11.1 Å². The van der Waals surface area contributed by atoms with E-state index in [9.17, 15) is 4.21 Å². The van der Waals surface area contributed by atoms with Gasteiger partial charge in [0, 0.05) is 10.6 Å². The molecule has 0 aliphatic rings. The van der Waals surface area contributed by atoms with E-state index in [0.717, 1.165) is 16.0 Å². The lowest BCUT2D eigenvalue weighted by Crippen LogP contribution is -2.01. The lowest BCUT2D eigenvalue weighted by molar-refractivity contribution is 0.682. The van der Waals surface area contributed by atoms with Crippen molar-refractivity contribution in [3.05, 3.63) is 58.7 Å². The molecule has 2 N–H and O–H groups in total. The van der Waals surface area contributed by atoms with Crippen molar-refractivity contribution in [2.45, 2.75) is 31.4 Å². The van der Waals surface area contributed by atoms with Crippen molar-refractivity contribution in [2.24, 2.45) is 0 Å². The van der Waals surface area contributed by atoms with Gasteiger partial charge in [0.05, 0.1) is 16.6 Å². The first-order chi connectivity index (χ1) is 8.99. The molecule has 0 aliphatic heterocycles. The first kappa shape index (κ1) is 13.8. The van der Waals surface area contributed by atoms with Crippen LogP contribution in [0.4, 0.5) is 5.69 Å². The van der Waals surface area contributed by atoms with Crippen LogP contribution in [-0.4, -0.2) is 4.21 Å². The highest BCUT2D eigenvalue weighted by molar-refractivity contribution is 7.84. The van der Waals surface area contributed by atoms with Crippen LogP contribution in [-0.2, 0) is 16.6 Å². The number of aryl methyl sites for hydroxylation is 2. The van der Waals surface area contributed by atoms with E-state index in [4.69, 9.17) is 5.73 Å². The van der Waals surface area contributed by atoms with Gasteiger partial charge in [0.25, 0.3) is 0 Å².